The van der Waals surface area contributed by atoms with Gasteiger partial charge in [0.2, 0.25) is 0 Å². The van der Waals surface area contributed by atoms with E-state index in [0.29, 0.717) is 5.69 Å². The zero-order chi connectivity index (χ0) is 12.8. The lowest BCUT2D eigenvalue weighted by molar-refractivity contribution is 0.529. The van der Waals surface area contributed by atoms with Crippen molar-refractivity contribution in [3.8, 4) is 0 Å². The van der Waals surface area contributed by atoms with Crippen LogP contribution in [0.2, 0.25) is 0 Å². The molecule has 1 heterocycles. The van der Waals surface area contributed by atoms with Gasteiger partial charge in [0.15, 0.2) is 0 Å². The summed E-state index contributed by atoms with van der Waals surface area (Å²) in [5.41, 5.74) is 1.81. The molecule has 0 radical (unpaired) electrons. The topological polar surface area (TPSA) is 24.9 Å². The zero-order valence-electron chi connectivity index (χ0n) is 11.0. The maximum absolute atomic E-state index is 13.8. The molecule has 18 heavy (non-hydrogen) atoms. The molecule has 0 fully saturated rings. The van der Waals surface area contributed by atoms with Gasteiger partial charge in [-0.2, -0.15) is 0 Å². The van der Waals surface area contributed by atoms with Crippen LogP contribution in [0.5, 0.6) is 0 Å². The van der Waals surface area contributed by atoms with Crippen LogP contribution in [0.25, 0.3) is 0 Å². The minimum absolute atomic E-state index is 0.0794. The summed E-state index contributed by atoms with van der Waals surface area (Å²) in [5, 5.41) is 3.21. The Morgan fingerprint density at radius 3 is 2.89 bits per heavy atom. The number of pyridine rings is 1. The number of rotatable bonds is 3. The van der Waals surface area contributed by atoms with Gasteiger partial charge < -0.3 is 5.32 Å². The van der Waals surface area contributed by atoms with Crippen LogP contribution in [0.15, 0.2) is 30.0 Å². The predicted molar refractivity (Wildman–Crippen MR) is 71.8 cm³/mol. The summed E-state index contributed by atoms with van der Waals surface area (Å²) in [4.78, 5) is 4.20. The first kappa shape index (κ1) is 13.2. The van der Waals surface area contributed by atoms with E-state index in [1.807, 2.05) is 7.05 Å². The fraction of sp³-hybridized carbons (Fsp3) is 0.533. The fourth-order valence-corrected chi connectivity index (χ4v) is 2.59. The first-order chi connectivity index (χ1) is 8.83. The average Bonchev–Trinajstić information content (AvgIpc) is 2.34. The van der Waals surface area contributed by atoms with Crippen LogP contribution >= 0.6 is 0 Å². The first-order valence-electron chi connectivity index (χ1n) is 6.79. The summed E-state index contributed by atoms with van der Waals surface area (Å²) < 4.78 is 13.8. The zero-order valence-corrected chi connectivity index (χ0v) is 11.0. The molecule has 1 aliphatic rings. The Kier molecular flexibility index (Phi) is 4.88. The average molecular weight is 248 g/mol. The van der Waals surface area contributed by atoms with E-state index >= 15 is 0 Å². The molecule has 1 atom stereocenters. The molecule has 0 saturated heterocycles. The van der Waals surface area contributed by atoms with Gasteiger partial charge in [-0.25, -0.2) is 4.39 Å². The van der Waals surface area contributed by atoms with Crippen LogP contribution < -0.4 is 5.32 Å². The van der Waals surface area contributed by atoms with Gasteiger partial charge in [0.1, 0.15) is 5.82 Å². The molecular formula is C15H21FN2. The van der Waals surface area contributed by atoms with Crippen molar-refractivity contribution >= 4 is 0 Å². The molecule has 0 spiro atoms. The standard InChI is InChI=1S/C15H21FN2/c1-17-14(15-13(16)10-7-11-18-15)12-8-5-3-2-4-6-9-12/h7-8,10-11,14,17H,2-6,9H2,1H3/b12-8+. The lowest BCUT2D eigenvalue weighted by atomic mass is 9.93. The normalized spacial score (nSPS) is 21.6. The van der Waals surface area contributed by atoms with E-state index in [-0.39, 0.29) is 11.9 Å². The molecule has 3 heteroatoms. The van der Waals surface area contributed by atoms with E-state index in [1.165, 1.54) is 37.3 Å². The lowest BCUT2D eigenvalue weighted by Gasteiger charge is -2.21. The number of hydrogen-bond donors (Lipinski definition) is 1. The number of likely N-dealkylation sites (N-methyl/N-ethyl adjacent to an activating group) is 1. The molecule has 0 saturated carbocycles. The summed E-state index contributed by atoms with van der Waals surface area (Å²) in [6.07, 6.45) is 11.1. The Bertz CT molecular complexity index is 415. The Balaban J connectivity index is 2.24. The maximum atomic E-state index is 13.8. The Hall–Kier alpha value is -1.22. The van der Waals surface area contributed by atoms with Gasteiger partial charge in [-0.05, 0) is 44.9 Å². The molecule has 0 amide bonds. The largest absolute Gasteiger partial charge is 0.308 e. The number of allylic oxidation sites excluding steroid dienone is 1. The summed E-state index contributed by atoms with van der Waals surface area (Å²) in [7, 11) is 1.87. The fourth-order valence-electron chi connectivity index (χ4n) is 2.59. The minimum Gasteiger partial charge on any atom is -0.308 e. The molecule has 2 rings (SSSR count). The van der Waals surface area contributed by atoms with Crippen molar-refractivity contribution < 1.29 is 4.39 Å². The van der Waals surface area contributed by atoms with Gasteiger partial charge >= 0.3 is 0 Å². The van der Waals surface area contributed by atoms with Crippen molar-refractivity contribution in [3.63, 3.8) is 0 Å². The van der Waals surface area contributed by atoms with Crippen LogP contribution in [0, 0.1) is 5.82 Å². The third-order valence-corrected chi connectivity index (χ3v) is 3.55. The van der Waals surface area contributed by atoms with Gasteiger partial charge in [0.05, 0.1) is 11.7 Å². The highest BCUT2D eigenvalue weighted by Gasteiger charge is 2.19. The molecule has 2 nitrogen and oxygen atoms in total. The quantitative estimate of drug-likeness (QED) is 0.824. The van der Waals surface area contributed by atoms with E-state index < -0.39 is 0 Å². The van der Waals surface area contributed by atoms with Crippen molar-refractivity contribution in [1.29, 1.82) is 0 Å². The van der Waals surface area contributed by atoms with Crippen LogP contribution in [0.3, 0.4) is 0 Å². The SMILES string of the molecule is CNC(/C1=C/CCCCCC1)c1ncccc1F. The third kappa shape index (κ3) is 3.16. The Morgan fingerprint density at radius 1 is 1.28 bits per heavy atom. The Labute approximate surface area is 108 Å². The summed E-state index contributed by atoms with van der Waals surface area (Å²) in [6, 6.07) is 3.04. The molecule has 0 bridgehead atoms. The molecule has 1 aliphatic carbocycles. The highest BCUT2D eigenvalue weighted by Crippen LogP contribution is 2.28. The van der Waals surface area contributed by atoms with Gasteiger partial charge in [-0.1, -0.05) is 24.5 Å². The number of aromatic nitrogens is 1. The van der Waals surface area contributed by atoms with Crippen molar-refractivity contribution in [1.82, 2.24) is 10.3 Å². The van der Waals surface area contributed by atoms with Crippen molar-refractivity contribution in [2.75, 3.05) is 7.05 Å². The molecule has 1 N–H and O–H groups in total. The molecule has 1 aromatic heterocycles. The number of nitrogens with zero attached hydrogens (tertiary/aromatic N) is 1. The van der Waals surface area contributed by atoms with E-state index in [9.17, 15) is 4.39 Å². The molecule has 98 valence electrons. The monoisotopic (exact) mass is 248 g/mol. The molecule has 0 aliphatic heterocycles. The second-order valence-electron chi connectivity index (χ2n) is 4.82. The van der Waals surface area contributed by atoms with E-state index in [4.69, 9.17) is 0 Å². The van der Waals surface area contributed by atoms with Crippen molar-refractivity contribution in [2.45, 2.75) is 44.6 Å². The van der Waals surface area contributed by atoms with Crippen LogP contribution in [0.1, 0.15) is 50.3 Å². The summed E-state index contributed by atoms with van der Waals surface area (Å²) >= 11 is 0. The van der Waals surface area contributed by atoms with E-state index in [2.05, 4.69) is 16.4 Å². The predicted octanol–water partition coefficient (Wildman–Crippen LogP) is 3.76. The second kappa shape index (κ2) is 6.64. The van der Waals surface area contributed by atoms with Crippen LogP contribution in [-0.2, 0) is 0 Å². The third-order valence-electron chi connectivity index (χ3n) is 3.55. The van der Waals surface area contributed by atoms with Crippen LogP contribution in [-0.4, -0.2) is 12.0 Å². The molecule has 1 aromatic rings. The summed E-state index contributed by atoms with van der Waals surface area (Å²) in [6.45, 7) is 0. The molecule has 1 unspecified atom stereocenters. The molecule has 0 aromatic carbocycles. The van der Waals surface area contributed by atoms with Crippen molar-refractivity contribution in [3.05, 3.63) is 41.5 Å². The highest BCUT2D eigenvalue weighted by atomic mass is 19.1. The maximum Gasteiger partial charge on any atom is 0.146 e. The van der Waals surface area contributed by atoms with E-state index in [0.717, 1.165) is 12.8 Å². The van der Waals surface area contributed by atoms with Gasteiger partial charge in [0.25, 0.3) is 0 Å². The first-order valence-corrected chi connectivity index (χ1v) is 6.79. The minimum atomic E-state index is -0.222. The number of halogens is 1. The van der Waals surface area contributed by atoms with Gasteiger partial charge in [-0.3, -0.25) is 4.98 Å². The number of hydrogen-bond acceptors (Lipinski definition) is 2. The lowest BCUT2D eigenvalue weighted by Crippen LogP contribution is -2.21. The van der Waals surface area contributed by atoms with Crippen LogP contribution in [0.4, 0.5) is 4.39 Å². The second-order valence-corrected chi connectivity index (χ2v) is 4.82. The number of nitrogens with one attached hydrogen (secondary N) is 1. The smallest absolute Gasteiger partial charge is 0.146 e. The molecular weight excluding hydrogens is 227 g/mol. The van der Waals surface area contributed by atoms with E-state index in [1.54, 1.807) is 12.3 Å². The highest BCUT2D eigenvalue weighted by molar-refractivity contribution is 5.24. The van der Waals surface area contributed by atoms with Gasteiger partial charge in [-0.15, -0.1) is 0 Å². The van der Waals surface area contributed by atoms with Crippen molar-refractivity contribution in [2.24, 2.45) is 0 Å². The van der Waals surface area contributed by atoms with Gasteiger partial charge in [0, 0.05) is 6.20 Å². The summed E-state index contributed by atoms with van der Waals surface area (Å²) in [5.74, 6) is -0.222. The Morgan fingerprint density at radius 2 is 2.11 bits per heavy atom.